The SMILES string of the molecule is COCCN1CN(CC2(C)CCNC2)CC1=O.Cl. The molecule has 0 radical (unpaired) electrons. The van der Waals surface area contributed by atoms with Gasteiger partial charge in [-0.05, 0) is 18.4 Å². The van der Waals surface area contributed by atoms with Crippen LogP contribution in [0.5, 0.6) is 0 Å². The zero-order valence-electron chi connectivity index (χ0n) is 11.3. The van der Waals surface area contributed by atoms with Crippen molar-refractivity contribution in [2.75, 3.05) is 53.1 Å². The maximum absolute atomic E-state index is 11.8. The number of hydrogen-bond donors (Lipinski definition) is 1. The second-order valence-electron chi connectivity index (χ2n) is 5.52. The molecule has 18 heavy (non-hydrogen) atoms. The van der Waals surface area contributed by atoms with Gasteiger partial charge in [-0.1, -0.05) is 6.92 Å². The Labute approximate surface area is 115 Å². The highest BCUT2D eigenvalue weighted by molar-refractivity contribution is 5.85. The Bertz CT molecular complexity index is 282. The summed E-state index contributed by atoms with van der Waals surface area (Å²) in [6, 6.07) is 0. The standard InChI is InChI=1S/C12H23N3O2.ClH/c1-12(3-4-13-8-12)9-14-7-11(16)15(10-14)5-6-17-2;/h13H,3-10H2,1-2H3;1H. The molecule has 1 N–H and O–H groups in total. The number of carbonyl (C=O) groups excluding carboxylic acids is 1. The average Bonchev–Trinajstić information content (AvgIpc) is 2.83. The third-order valence-electron chi connectivity index (χ3n) is 3.71. The molecule has 0 saturated carbocycles. The molecular formula is C12H24ClN3O2. The van der Waals surface area contributed by atoms with E-state index in [1.807, 2.05) is 4.90 Å². The van der Waals surface area contributed by atoms with Crippen molar-refractivity contribution in [2.45, 2.75) is 13.3 Å². The van der Waals surface area contributed by atoms with Crippen molar-refractivity contribution in [3.05, 3.63) is 0 Å². The zero-order valence-corrected chi connectivity index (χ0v) is 12.1. The van der Waals surface area contributed by atoms with E-state index in [0.29, 0.717) is 25.1 Å². The lowest BCUT2D eigenvalue weighted by Crippen LogP contribution is -2.37. The molecule has 5 nitrogen and oxygen atoms in total. The Hall–Kier alpha value is -0.360. The van der Waals surface area contributed by atoms with Crippen LogP contribution >= 0.6 is 12.4 Å². The van der Waals surface area contributed by atoms with Gasteiger partial charge in [0.1, 0.15) is 0 Å². The minimum absolute atomic E-state index is 0. The van der Waals surface area contributed by atoms with Crippen LogP contribution < -0.4 is 5.32 Å². The van der Waals surface area contributed by atoms with E-state index >= 15 is 0 Å². The van der Waals surface area contributed by atoms with Gasteiger partial charge in [-0.15, -0.1) is 12.4 Å². The van der Waals surface area contributed by atoms with E-state index in [1.54, 1.807) is 7.11 Å². The van der Waals surface area contributed by atoms with E-state index < -0.39 is 0 Å². The number of ether oxygens (including phenoxy) is 1. The van der Waals surface area contributed by atoms with E-state index in [4.69, 9.17) is 4.74 Å². The molecule has 106 valence electrons. The zero-order chi connectivity index (χ0) is 12.3. The van der Waals surface area contributed by atoms with Crippen LogP contribution in [0.15, 0.2) is 0 Å². The number of hydrogen-bond acceptors (Lipinski definition) is 4. The molecule has 2 saturated heterocycles. The highest BCUT2D eigenvalue weighted by Crippen LogP contribution is 2.26. The summed E-state index contributed by atoms with van der Waals surface area (Å²) in [6.45, 7) is 8.14. The van der Waals surface area contributed by atoms with Crippen LogP contribution in [0.2, 0.25) is 0 Å². The quantitative estimate of drug-likeness (QED) is 0.777. The highest BCUT2D eigenvalue weighted by Gasteiger charge is 2.35. The first-order valence-corrected chi connectivity index (χ1v) is 6.33. The van der Waals surface area contributed by atoms with E-state index in [-0.39, 0.29) is 18.3 Å². The fourth-order valence-electron chi connectivity index (χ4n) is 2.71. The molecule has 1 amide bonds. The summed E-state index contributed by atoms with van der Waals surface area (Å²) in [6.07, 6.45) is 1.20. The summed E-state index contributed by atoms with van der Waals surface area (Å²) >= 11 is 0. The lowest BCUT2D eigenvalue weighted by molar-refractivity contribution is -0.127. The molecule has 2 aliphatic heterocycles. The van der Waals surface area contributed by atoms with E-state index in [1.165, 1.54) is 6.42 Å². The van der Waals surface area contributed by atoms with Gasteiger partial charge in [-0.25, -0.2) is 0 Å². The first-order valence-electron chi connectivity index (χ1n) is 6.33. The van der Waals surface area contributed by atoms with E-state index in [2.05, 4.69) is 17.1 Å². The highest BCUT2D eigenvalue weighted by atomic mass is 35.5. The molecule has 2 rings (SSSR count). The van der Waals surface area contributed by atoms with Gasteiger partial charge in [0.05, 0.1) is 19.8 Å². The van der Waals surface area contributed by atoms with Crippen molar-refractivity contribution >= 4 is 18.3 Å². The fourth-order valence-corrected chi connectivity index (χ4v) is 2.71. The van der Waals surface area contributed by atoms with Crippen molar-refractivity contribution in [3.63, 3.8) is 0 Å². The number of nitrogens with zero attached hydrogens (tertiary/aromatic N) is 2. The Morgan fingerprint density at radius 1 is 1.50 bits per heavy atom. The summed E-state index contributed by atoms with van der Waals surface area (Å²) in [5.41, 5.74) is 0.331. The minimum atomic E-state index is 0. The second-order valence-corrected chi connectivity index (χ2v) is 5.52. The molecule has 0 bridgehead atoms. The normalized spacial score (nSPS) is 28.8. The summed E-state index contributed by atoms with van der Waals surface area (Å²) in [4.78, 5) is 15.9. The van der Waals surface area contributed by atoms with Gasteiger partial charge < -0.3 is 15.0 Å². The van der Waals surface area contributed by atoms with Crippen molar-refractivity contribution in [2.24, 2.45) is 5.41 Å². The summed E-state index contributed by atoms with van der Waals surface area (Å²) in [5.74, 6) is 0.233. The van der Waals surface area contributed by atoms with Gasteiger partial charge in [-0.2, -0.15) is 0 Å². The molecule has 0 aromatic heterocycles. The van der Waals surface area contributed by atoms with Gasteiger partial charge in [0.25, 0.3) is 0 Å². The van der Waals surface area contributed by atoms with Gasteiger partial charge in [0.15, 0.2) is 0 Å². The fraction of sp³-hybridized carbons (Fsp3) is 0.917. The molecule has 0 aliphatic carbocycles. The number of nitrogens with one attached hydrogen (secondary N) is 1. The number of methoxy groups -OCH3 is 1. The monoisotopic (exact) mass is 277 g/mol. The van der Waals surface area contributed by atoms with Crippen molar-refractivity contribution in [3.8, 4) is 0 Å². The van der Waals surface area contributed by atoms with Crippen LogP contribution in [-0.4, -0.2) is 68.8 Å². The molecule has 0 aromatic rings. The lowest BCUT2D eigenvalue weighted by atomic mass is 9.89. The minimum Gasteiger partial charge on any atom is -0.383 e. The van der Waals surface area contributed by atoms with Crippen LogP contribution in [0, 0.1) is 5.41 Å². The average molecular weight is 278 g/mol. The predicted molar refractivity (Wildman–Crippen MR) is 72.9 cm³/mol. The Morgan fingerprint density at radius 2 is 2.28 bits per heavy atom. The second kappa shape index (κ2) is 6.70. The smallest absolute Gasteiger partial charge is 0.237 e. The molecular weight excluding hydrogens is 254 g/mol. The maximum atomic E-state index is 11.8. The number of halogens is 1. The van der Waals surface area contributed by atoms with Crippen LogP contribution in [0.1, 0.15) is 13.3 Å². The van der Waals surface area contributed by atoms with Gasteiger partial charge in [0.2, 0.25) is 5.91 Å². The molecule has 6 heteroatoms. The molecule has 0 aromatic carbocycles. The lowest BCUT2D eigenvalue weighted by Gasteiger charge is -2.28. The number of amides is 1. The first-order chi connectivity index (χ1) is 8.13. The maximum Gasteiger partial charge on any atom is 0.237 e. The number of carbonyl (C=O) groups is 1. The summed E-state index contributed by atoms with van der Waals surface area (Å²) in [5, 5.41) is 3.40. The third kappa shape index (κ3) is 3.82. The Morgan fingerprint density at radius 3 is 2.89 bits per heavy atom. The van der Waals surface area contributed by atoms with Crippen LogP contribution in [0.4, 0.5) is 0 Å². The Kier molecular flexibility index (Phi) is 5.85. The summed E-state index contributed by atoms with van der Waals surface area (Å²) in [7, 11) is 1.67. The number of rotatable bonds is 5. The van der Waals surface area contributed by atoms with Crippen LogP contribution in [0.3, 0.4) is 0 Å². The third-order valence-corrected chi connectivity index (χ3v) is 3.71. The summed E-state index contributed by atoms with van der Waals surface area (Å²) < 4.78 is 5.02. The Balaban J connectivity index is 0.00000162. The predicted octanol–water partition coefficient (Wildman–Crippen LogP) is 0.156. The molecule has 2 heterocycles. The van der Waals surface area contributed by atoms with E-state index in [0.717, 1.165) is 26.3 Å². The molecule has 2 fully saturated rings. The molecule has 2 aliphatic rings. The molecule has 1 unspecified atom stereocenters. The van der Waals surface area contributed by atoms with Crippen LogP contribution in [-0.2, 0) is 9.53 Å². The topological polar surface area (TPSA) is 44.8 Å². The van der Waals surface area contributed by atoms with Gasteiger partial charge in [-0.3, -0.25) is 9.69 Å². The van der Waals surface area contributed by atoms with Crippen molar-refractivity contribution in [1.29, 1.82) is 0 Å². The molecule has 1 atom stereocenters. The van der Waals surface area contributed by atoms with Gasteiger partial charge >= 0.3 is 0 Å². The van der Waals surface area contributed by atoms with E-state index in [9.17, 15) is 4.79 Å². The van der Waals surface area contributed by atoms with Crippen molar-refractivity contribution < 1.29 is 9.53 Å². The van der Waals surface area contributed by atoms with Crippen molar-refractivity contribution in [1.82, 2.24) is 15.1 Å². The first kappa shape index (κ1) is 15.7. The molecule has 0 spiro atoms. The largest absolute Gasteiger partial charge is 0.383 e. The van der Waals surface area contributed by atoms with Crippen LogP contribution in [0.25, 0.3) is 0 Å². The van der Waals surface area contributed by atoms with Gasteiger partial charge in [0, 0.05) is 26.7 Å².